The lowest BCUT2D eigenvalue weighted by molar-refractivity contribution is -0.110. The number of Topliss-reactive ketones (excluding diaryl/α,β-unsaturated/α-hetero) is 1. The molecule has 0 bridgehead atoms. The molecule has 1 heterocycles. The number of hydrogen-bond acceptors (Lipinski definition) is 4. The minimum atomic E-state index is -0.122. The minimum Gasteiger partial charge on any atom is -0.381 e. The van der Waals surface area contributed by atoms with Crippen LogP contribution in [0, 0.1) is 5.92 Å². The van der Waals surface area contributed by atoms with Crippen LogP contribution in [0.3, 0.4) is 0 Å². The van der Waals surface area contributed by atoms with E-state index in [9.17, 15) is 9.59 Å². The third kappa shape index (κ3) is 4.72. The number of fused-ring (bicyclic) bond motifs is 1. The number of nitrogens with zero attached hydrogens (tertiary/aromatic N) is 1. The molecule has 31 heavy (non-hydrogen) atoms. The van der Waals surface area contributed by atoms with E-state index in [0.29, 0.717) is 17.2 Å². The molecule has 1 aliphatic heterocycles. The zero-order valence-electron chi connectivity index (χ0n) is 18.6. The Morgan fingerprint density at radius 1 is 1.03 bits per heavy atom. The molecule has 0 unspecified atom stereocenters. The molecule has 1 amide bonds. The van der Waals surface area contributed by atoms with Crippen molar-refractivity contribution in [3.63, 3.8) is 0 Å². The predicted molar refractivity (Wildman–Crippen MR) is 126 cm³/mol. The molecule has 1 fully saturated rings. The van der Waals surface area contributed by atoms with Crippen molar-refractivity contribution in [2.24, 2.45) is 5.92 Å². The van der Waals surface area contributed by atoms with Gasteiger partial charge in [-0.25, -0.2) is 0 Å². The third-order valence-electron chi connectivity index (χ3n) is 6.30. The number of anilines is 1. The van der Waals surface area contributed by atoms with Gasteiger partial charge in [-0.15, -0.1) is 0 Å². The highest BCUT2D eigenvalue weighted by atomic mass is 16.2. The van der Waals surface area contributed by atoms with E-state index < -0.39 is 0 Å². The quantitative estimate of drug-likeness (QED) is 0.540. The average molecular weight is 418 g/mol. The molecular weight excluding hydrogens is 386 g/mol. The van der Waals surface area contributed by atoms with Crippen LogP contribution in [0.1, 0.15) is 54.1 Å². The maximum atomic E-state index is 13.0. The summed E-state index contributed by atoms with van der Waals surface area (Å²) < 4.78 is 0. The zero-order valence-corrected chi connectivity index (χ0v) is 18.6. The van der Waals surface area contributed by atoms with Crippen LogP contribution in [0.15, 0.2) is 48.5 Å². The molecule has 0 aromatic heterocycles. The molecule has 0 atom stereocenters. The second-order valence-electron chi connectivity index (χ2n) is 9.01. The van der Waals surface area contributed by atoms with Crippen molar-refractivity contribution < 1.29 is 9.59 Å². The minimum absolute atomic E-state index is 0.00469. The maximum Gasteiger partial charge on any atom is 0.258 e. The molecule has 2 aromatic rings. The van der Waals surface area contributed by atoms with Crippen molar-refractivity contribution in [2.75, 3.05) is 26.0 Å². The van der Waals surface area contributed by atoms with Gasteiger partial charge in [0.05, 0.1) is 11.3 Å². The molecule has 5 heteroatoms. The lowest BCUT2D eigenvalue weighted by Gasteiger charge is -2.32. The molecular formula is C26H31N3O2. The van der Waals surface area contributed by atoms with E-state index >= 15 is 0 Å². The standard InChI is InChI=1S/C26H31N3O2/c1-17(30)20-11-14-23-22(15-20)24(26(31)28-23)25(19-7-5-4-6-8-19)27-21-12-9-18(10-13-21)16-29(2)3/h4-8,11,14-15,18,21,27H,9-10,12-13,16H2,1-3H3,(H,28,31)/b25-24-/t18-,21-. The highest BCUT2D eigenvalue weighted by Gasteiger charge is 2.30. The largest absolute Gasteiger partial charge is 0.381 e. The average Bonchev–Trinajstić information content (AvgIpc) is 3.08. The number of amides is 1. The first-order valence-electron chi connectivity index (χ1n) is 11.1. The van der Waals surface area contributed by atoms with Crippen LogP contribution < -0.4 is 10.6 Å². The number of carbonyl (C=O) groups is 2. The Labute approximate surface area is 184 Å². The Morgan fingerprint density at radius 3 is 2.39 bits per heavy atom. The smallest absolute Gasteiger partial charge is 0.258 e. The molecule has 0 radical (unpaired) electrons. The summed E-state index contributed by atoms with van der Waals surface area (Å²) in [7, 11) is 4.27. The summed E-state index contributed by atoms with van der Waals surface area (Å²) >= 11 is 0. The fourth-order valence-electron chi connectivity index (χ4n) is 4.75. The van der Waals surface area contributed by atoms with E-state index in [1.165, 1.54) is 12.8 Å². The molecule has 1 saturated carbocycles. The topological polar surface area (TPSA) is 61.4 Å². The van der Waals surface area contributed by atoms with Gasteiger partial charge in [-0.3, -0.25) is 9.59 Å². The van der Waals surface area contributed by atoms with Gasteiger partial charge in [0.25, 0.3) is 5.91 Å². The number of rotatable bonds is 6. The SMILES string of the molecule is CC(=O)c1ccc2c(c1)/C(=C(/N[C@H]1CC[C@H](CN(C)C)CC1)c1ccccc1)C(=O)N2. The highest BCUT2D eigenvalue weighted by Crippen LogP contribution is 2.38. The molecule has 162 valence electrons. The Balaban J connectivity index is 1.69. The van der Waals surface area contributed by atoms with Crippen LogP contribution in [0.2, 0.25) is 0 Å². The monoisotopic (exact) mass is 417 g/mol. The van der Waals surface area contributed by atoms with Crippen molar-refractivity contribution in [1.82, 2.24) is 10.2 Å². The van der Waals surface area contributed by atoms with Crippen LogP contribution in [0.5, 0.6) is 0 Å². The molecule has 0 saturated heterocycles. The fraction of sp³-hybridized carbons (Fsp3) is 0.385. The van der Waals surface area contributed by atoms with E-state index in [4.69, 9.17) is 0 Å². The first-order valence-corrected chi connectivity index (χ1v) is 11.1. The van der Waals surface area contributed by atoms with Crippen LogP contribution >= 0.6 is 0 Å². The summed E-state index contributed by atoms with van der Waals surface area (Å²) in [5.74, 6) is 0.604. The number of hydrogen-bond donors (Lipinski definition) is 2. The van der Waals surface area contributed by atoms with Gasteiger partial charge in [-0.05, 0) is 76.4 Å². The second kappa shape index (κ2) is 9.06. The van der Waals surface area contributed by atoms with Crippen molar-refractivity contribution in [3.8, 4) is 0 Å². The summed E-state index contributed by atoms with van der Waals surface area (Å²) in [6.45, 7) is 2.68. The van der Waals surface area contributed by atoms with Crippen LogP contribution in [0.4, 0.5) is 5.69 Å². The molecule has 2 aromatic carbocycles. The Morgan fingerprint density at radius 2 is 1.74 bits per heavy atom. The lowest BCUT2D eigenvalue weighted by atomic mass is 9.85. The van der Waals surface area contributed by atoms with Crippen LogP contribution in [-0.4, -0.2) is 43.3 Å². The number of ketones is 1. The van der Waals surface area contributed by atoms with Gasteiger partial charge in [0.15, 0.2) is 5.78 Å². The number of nitrogens with one attached hydrogen (secondary N) is 2. The Kier molecular flexibility index (Phi) is 6.23. The predicted octanol–water partition coefficient (Wildman–Crippen LogP) is 4.42. The molecule has 4 rings (SSSR count). The molecule has 2 N–H and O–H groups in total. The van der Waals surface area contributed by atoms with E-state index in [2.05, 4.69) is 29.6 Å². The Hall–Kier alpha value is -2.92. The van der Waals surface area contributed by atoms with E-state index in [1.807, 2.05) is 42.5 Å². The van der Waals surface area contributed by atoms with Gasteiger partial charge in [-0.2, -0.15) is 0 Å². The van der Waals surface area contributed by atoms with Gasteiger partial charge in [0, 0.05) is 29.4 Å². The van der Waals surface area contributed by atoms with Crippen LogP contribution in [-0.2, 0) is 4.79 Å². The van der Waals surface area contributed by atoms with Crippen molar-refractivity contribution in [2.45, 2.75) is 38.6 Å². The first-order chi connectivity index (χ1) is 14.9. The van der Waals surface area contributed by atoms with Crippen molar-refractivity contribution in [1.29, 1.82) is 0 Å². The zero-order chi connectivity index (χ0) is 22.0. The molecule has 5 nitrogen and oxygen atoms in total. The summed E-state index contributed by atoms with van der Waals surface area (Å²) in [5.41, 5.74) is 4.64. The normalized spacial score (nSPS) is 22.1. The van der Waals surface area contributed by atoms with Gasteiger partial charge >= 0.3 is 0 Å². The van der Waals surface area contributed by atoms with Crippen molar-refractivity contribution >= 4 is 28.6 Å². The van der Waals surface area contributed by atoms with Crippen LogP contribution in [0.25, 0.3) is 11.3 Å². The summed E-state index contributed by atoms with van der Waals surface area (Å²) in [4.78, 5) is 27.3. The van der Waals surface area contributed by atoms with Gasteiger partial charge in [-0.1, -0.05) is 30.3 Å². The van der Waals surface area contributed by atoms with E-state index in [0.717, 1.165) is 47.8 Å². The van der Waals surface area contributed by atoms with Gasteiger partial charge in [0.1, 0.15) is 0 Å². The summed E-state index contributed by atoms with van der Waals surface area (Å²) in [5, 5.41) is 6.70. The number of carbonyl (C=O) groups excluding carboxylic acids is 2. The van der Waals surface area contributed by atoms with Gasteiger partial charge in [0.2, 0.25) is 0 Å². The Bertz CT molecular complexity index is 1000. The second-order valence-corrected chi connectivity index (χ2v) is 9.01. The van der Waals surface area contributed by atoms with E-state index in [1.54, 1.807) is 13.0 Å². The first kappa shape index (κ1) is 21.3. The van der Waals surface area contributed by atoms with Crippen molar-refractivity contribution in [3.05, 3.63) is 65.2 Å². The fourth-order valence-corrected chi connectivity index (χ4v) is 4.75. The molecule has 0 spiro atoms. The lowest BCUT2D eigenvalue weighted by Crippen LogP contribution is -2.35. The summed E-state index contributed by atoms with van der Waals surface area (Å²) in [6.07, 6.45) is 4.54. The van der Waals surface area contributed by atoms with E-state index in [-0.39, 0.29) is 11.7 Å². The third-order valence-corrected chi connectivity index (χ3v) is 6.30. The molecule has 2 aliphatic rings. The maximum absolute atomic E-state index is 13.0. The van der Waals surface area contributed by atoms with Gasteiger partial charge < -0.3 is 15.5 Å². The number of benzene rings is 2. The molecule has 1 aliphatic carbocycles. The highest BCUT2D eigenvalue weighted by molar-refractivity contribution is 6.36. The summed E-state index contributed by atoms with van der Waals surface area (Å²) in [6, 6.07) is 15.8.